The van der Waals surface area contributed by atoms with Crippen molar-refractivity contribution in [1.29, 1.82) is 0 Å². The average Bonchev–Trinajstić information content (AvgIpc) is 2.61. The summed E-state index contributed by atoms with van der Waals surface area (Å²) >= 11 is 5.91. The zero-order valence-electron chi connectivity index (χ0n) is 15.2. The third-order valence-electron chi connectivity index (χ3n) is 4.40. The molecular weight excluding hydrogens is 354 g/mol. The largest absolute Gasteiger partial charge is 0.476 e. The summed E-state index contributed by atoms with van der Waals surface area (Å²) < 4.78 is 0. The Kier molecular flexibility index (Phi) is 6.32. The first kappa shape index (κ1) is 19.8. The summed E-state index contributed by atoms with van der Waals surface area (Å²) in [6.07, 6.45) is 2.67. The van der Waals surface area contributed by atoms with Crippen molar-refractivity contribution in [2.45, 2.75) is 32.7 Å². The van der Waals surface area contributed by atoms with E-state index in [0.29, 0.717) is 10.6 Å². The number of carbonyl (C=O) groups is 2. The van der Waals surface area contributed by atoms with Crippen molar-refractivity contribution < 1.29 is 14.7 Å². The molecular formula is C19H22ClN3O3. The van der Waals surface area contributed by atoms with E-state index in [0.717, 1.165) is 5.56 Å². The van der Waals surface area contributed by atoms with Crippen LogP contribution in [0, 0.1) is 5.92 Å². The van der Waals surface area contributed by atoms with Gasteiger partial charge in [-0.1, -0.05) is 37.6 Å². The van der Waals surface area contributed by atoms with Crippen molar-refractivity contribution in [2.75, 3.05) is 7.05 Å². The van der Waals surface area contributed by atoms with Crippen LogP contribution in [-0.4, -0.2) is 38.9 Å². The second kappa shape index (κ2) is 8.27. The van der Waals surface area contributed by atoms with E-state index < -0.39 is 17.9 Å². The lowest BCUT2D eigenvalue weighted by atomic mass is 9.92. The van der Waals surface area contributed by atoms with E-state index in [2.05, 4.69) is 9.97 Å². The molecule has 2 unspecified atom stereocenters. The minimum Gasteiger partial charge on any atom is -0.476 e. The molecule has 0 fully saturated rings. The quantitative estimate of drug-likeness (QED) is 0.830. The van der Waals surface area contributed by atoms with Gasteiger partial charge in [-0.05, 0) is 30.5 Å². The molecule has 2 rings (SSSR count). The molecule has 2 aromatic rings. The Labute approximate surface area is 157 Å². The van der Waals surface area contributed by atoms with Crippen molar-refractivity contribution in [3.05, 3.63) is 58.6 Å². The Morgan fingerprint density at radius 1 is 1.15 bits per heavy atom. The zero-order chi connectivity index (χ0) is 19.4. The van der Waals surface area contributed by atoms with Crippen LogP contribution in [0.3, 0.4) is 0 Å². The number of hydrogen-bond donors (Lipinski definition) is 1. The van der Waals surface area contributed by atoms with E-state index in [-0.39, 0.29) is 17.5 Å². The number of amides is 1. The fourth-order valence-corrected chi connectivity index (χ4v) is 3.21. The zero-order valence-corrected chi connectivity index (χ0v) is 15.9. The van der Waals surface area contributed by atoms with Gasteiger partial charge in [0.15, 0.2) is 5.69 Å². The lowest BCUT2D eigenvalue weighted by Gasteiger charge is -2.33. The number of benzene rings is 1. The van der Waals surface area contributed by atoms with Gasteiger partial charge in [0.05, 0.1) is 12.0 Å². The predicted molar refractivity (Wildman–Crippen MR) is 99.2 cm³/mol. The smallest absolute Gasteiger partial charge is 0.354 e. The molecule has 7 heteroatoms. The maximum Gasteiger partial charge on any atom is 0.354 e. The molecule has 6 nitrogen and oxygen atoms in total. The number of carboxylic acid groups (broad SMARTS) is 1. The highest BCUT2D eigenvalue weighted by molar-refractivity contribution is 6.30. The van der Waals surface area contributed by atoms with Crippen LogP contribution in [0.15, 0.2) is 36.8 Å². The Morgan fingerprint density at radius 2 is 1.77 bits per heavy atom. The maximum absolute atomic E-state index is 13.0. The van der Waals surface area contributed by atoms with Crippen LogP contribution in [0.5, 0.6) is 0 Å². The first-order valence-electron chi connectivity index (χ1n) is 8.29. The van der Waals surface area contributed by atoms with Gasteiger partial charge in [-0.15, -0.1) is 0 Å². The molecule has 138 valence electrons. The van der Waals surface area contributed by atoms with Gasteiger partial charge in [0.25, 0.3) is 0 Å². The summed E-state index contributed by atoms with van der Waals surface area (Å²) in [4.78, 5) is 34.0. The molecule has 0 saturated heterocycles. The summed E-state index contributed by atoms with van der Waals surface area (Å²) in [6, 6.07) is 6.67. The van der Waals surface area contributed by atoms with Gasteiger partial charge < -0.3 is 10.0 Å². The molecule has 0 saturated carbocycles. The molecule has 2 atom stereocenters. The van der Waals surface area contributed by atoms with Crippen LogP contribution in [-0.2, 0) is 4.79 Å². The van der Waals surface area contributed by atoms with Crippen LogP contribution in [0.25, 0.3) is 0 Å². The molecule has 0 aliphatic rings. The Hall–Kier alpha value is -2.47. The van der Waals surface area contributed by atoms with Gasteiger partial charge in [-0.25, -0.2) is 14.8 Å². The van der Waals surface area contributed by atoms with E-state index in [1.807, 2.05) is 32.9 Å². The highest BCUT2D eigenvalue weighted by Crippen LogP contribution is 2.31. The van der Waals surface area contributed by atoms with Crippen LogP contribution >= 0.6 is 11.6 Å². The molecule has 1 aromatic carbocycles. The number of halogens is 1. The maximum atomic E-state index is 13.0. The molecule has 0 aliphatic carbocycles. The second-order valence-electron chi connectivity index (χ2n) is 6.54. The Morgan fingerprint density at radius 3 is 2.31 bits per heavy atom. The fourth-order valence-electron chi connectivity index (χ4n) is 3.09. The van der Waals surface area contributed by atoms with Gasteiger partial charge in [0.2, 0.25) is 5.91 Å². The minimum atomic E-state index is -1.14. The summed E-state index contributed by atoms with van der Waals surface area (Å²) in [5.41, 5.74) is 1.18. The van der Waals surface area contributed by atoms with Crippen molar-refractivity contribution in [3.63, 3.8) is 0 Å². The van der Waals surface area contributed by atoms with Crippen LogP contribution in [0.1, 0.15) is 54.3 Å². The number of likely N-dealkylation sites (N-methyl/N-ethyl adjacent to an activating group) is 1. The van der Waals surface area contributed by atoms with E-state index in [1.165, 1.54) is 12.5 Å². The van der Waals surface area contributed by atoms with Gasteiger partial charge in [-0.3, -0.25) is 4.79 Å². The summed E-state index contributed by atoms with van der Waals surface area (Å²) in [6.45, 7) is 5.68. The third kappa shape index (κ3) is 4.19. The first-order valence-corrected chi connectivity index (χ1v) is 8.67. The molecule has 1 aromatic heterocycles. The second-order valence-corrected chi connectivity index (χ2v) is 6.98. The Balaban J connectivity index is 2.37. The lowest BCUT2D eigenvalue weighted by molar-refractivity contribution is -0.134. The lowest BCUT2D eigenvalue weighted by Crippen LogP contribution is -2.37. The number of carboxylic acids is 1. The number of aromatic nitrogens is 2. The Bertz CT molecular complexity index is 793. The molecule has 0 aliphatic heterocycles. The average molecular weight is 376 g/mol. The van der Waals surface area contributed by atoms with Gasteiger partial charge in [0, 0.05) is 23.8 Å². The standard InChI is InChI=1S/C19H22ClN3O3/c1-11(2)17(15-9-21-10-22-16(15)19(25)26)23(4)18(24)12(3)13-5-7-14(20)8-6-13/h5-12,17H,1-4H3,(H,25,26). The van der Waals surface area contributed by atoms with E-state index in [4.69, 9.17) is 11.6 Å². The number of aromatic carboxylic acids is 1. The number of rotatable bonds is 6. The number of hydrogen-bond acceptors (Lipinski definition) is 4. The van der Waals surface area contributed by atoms with Gasteiger partial charge >= 0.3 is 5.97 Å². The molecule has 1 amide bonds. The monoisotopic (exact) mass is 375 g/mol. The molecule has 0 bridgehead atoms. The summed E-state index contributed by atoms with van der Waals surface area (Å²) in [7, 11) is 1.68. The topological polar surface area (TPSA) is 83.4 Å². The fraction of sp³-hybridized carbons (Fsp3) is 0.368. The normalized spacial score (nSPS) is 13.3. The first-order chi connectivity index (χ1) is 12.2. The summed E-state index contributed by atoms with van der Waals surface area (Å²) in [5, 5.41) is 10.0. The SMILES string of the molecule is CC(C(=O)N(C)C(c1cncnc1C(=O)O)C(C)C)c1ccc(Cl)cc1. The van der Waals surface area contributed by atoms with Crippen molar-refractivity contribution in [3.8, 4) is 0 Å². The third-order valence-corrected chi connectivity index (χ3v) is 4.65. The van der Waals surface area contributed by atoms with Gasteiger partial charge in [0.1, 0.15) is 6.33 Å². The van der Waals surface area contributed by atoms with E-state index in [1.54, 1.807) is 24.1 Å². The molecule has 1 N–H and O–H groups in total. The minimum absolute atomic E-state index is 0.0227. The van der Waals surface area contributed by atoms with E-state index in [9.17, 15) is 14.7 Å². The van der Waals surface area contributed by atoms with E-state index >= 15 is 0 Å². The van der Waals surface area contributed by atoms with Crippen molar-refractivity contribution >= 4 is 23.5 Å². The van der Waals surface area contributed by atoms with Crippen molar-refractivity contribution in [2.24, 2.45) is 5.92 Å². The van der Waals surface area contributed by atoms with Crippen molar-refractivity contribution in [1.82, 2.24) is 14.9 Å². The summed E-state index contributed by atoms with van der Waals surface area (Å²) in [5.74, 6) is -1.67. The molecule has 1 heterocycles. The highest BCUT2D eigenvalue weighted by atomic mass is 35.5. The predicted octanol–water partition coefficient (Wildman–Crippen LogP) is 3.79. The highest BCUT2D eigenvalue weighted by Gasteiger charge is 2.31. The molecule has 0 spiro atoms. The molecule has 0 radical (unpaired) electrons. The van der Waals surface area contributed by atoms with Crippen LogP contribution < -0.4 is 0 Å². The number of carbonyl (C=O) groups excluding carboxylic acids is 1. The molecule has 26 heavy (non-hydrogen) atoms. The number of nitrogens with zero attached hydrogens (tertiary/aromatic N) is 3. The van der Waals surface area contributed by atoms with Crippen LogP contribution in [0.2, 0.25) is 5.02 Å². The van der Waals surface area contributed by atoms with Crippen LogP contribution in [0.4, 0.5) is 0 Å². The van der Waals surface area contributed by atoms with Gasteiger partial charge in [-0.2, -0.15) is 0 Å².